The average Bonchev–Trinajstić information content (AvgIpc) is 3.48. The Bertz CT molecular complexity index is 1280. The quantitative estimate of drug-likeness (QED) is 0.365. The van der Waals surface area contributed by atoms with Crippen LogP contribution in [0.3, 0.4) is 0 Å². The molecule has 1 amide bonds. The Morgan fingerprint density at radius 2 is 1.88 bits per heavy atom. The fourth-order valence-corrected chi connectivity index (χ4v) is 5.96. The van der Waals surface area contributed by atoms with Crippen molar-refractivity contribution in [1.29, 1.82) is 0 Å². The third-order valence-electron chi connectivity index (χ3n) is 7.52. The van der Waals surface area contributed by atoms with Crippen molar-refractivity contribution in [1.82, 2.24) is 19.8 Å². The molecule has 0 aliphatic carbocycles. The van der Waals surface area contributed by atoms with Gasteiger partial charge < -0.3 is 28.9 Å². The van der Waals surface area contributed by atoms with Gasteiger partial charge in [0.05, 0.1) is 28.7 Å². The number of rotatable bonds is 7. The largest absolute Gasteiger partial charge is 0.462 e. The Morgan fingerprint density at radius 3 is 2.46 bits per heavy atom. The number of carbonyl (C=O) groups is 1. The number of alkyl halides is 3. The van der Waals surface area contributed by atoms with Crippen LogP contribution in [0.15, 0.2) is 10.5 Å². The van der Waals surface area contributed by atoms with Crippen molar-refractivity contribution in [3.05, 3.63) is 21.9 Å². The molecule has 2 aromatic rings. The van der Waals surface area contributed by atoms with Gasteiger partial charge >= 0.3 is 18.3 Å². The van der Waals surface area contributed by atoms with E-state index < -0.39 is 45.8 Å². The first-order valence-electron chi connectivity index (χ1n) is 13.4. The lowest BCUT2D eigenvalue weighted by Gasteiger charge is -2.34. The van der Waals surface area contributed by atoms with Crippen molar-refractivity contribution >= 4 is 38.7 Å². The van der Waals surface area contributed by atoms with E-state index >= 15 is 4.39 Å². The van der Waals surface area contributed by atoms with Crippen LogP contribution >= 0.6 is 15.9 Å². The zero-order chi connectivity index (χ0) is 30.3. The fraction of sp³-hybridized carbons (Fsp3) is 0.667. The van der Waals surface area contributed by atoms with E-state index in [0.29, 0.717) is 13.0 Å². The summed E-state index contributed by atoms with van der Waals surface area (Å²) in [6.45, 7) is 6.92. The average molecular weight is 651 g/mol. The standard InChI is InChI=1S/C27H36BrF4N5O4/c1-26(2,3)41-25(38)37-11-9-18(19(37)14-39-6)36(5)23-16-12-17(27(30,31)32)20(28)21(29)22(16)33-24(34-23)40-13-15-8-7-10-35(15)4/h12,15,18-19H,7-11,13-14H2,1-6H3/t15-,18?,19-/m0/s1. The van der Waals surface area contributed by atoms with Gasteiger partial charge in [0.25, 0.3) is 0 Å². The van der Waals surface area contributed by atoms with Gasteiger partial charge in [-0.15, -0.1) is 0 Å². The second-order valence-electron chi connectivity index (χ2n) is 11.5. The van der Waals surface area contributed by atoms with Crippen molar-refractivity contribution in [2.45, 2.75) is 69.9 Å². The minimum absolute atomic E-state index is 0.0545. The van der Waals surface area contributed by atoms with E-state index in [2.05, 4.69) is 30.8 Å². The molecule has 0 radical (unpaired) electrons. The first-order chi connectivity index (χ1) is 19.1. The molecule has 2 saturated heterocycles. The molecule has 2 fully saturated rings. The first kappa shape index (κ1) is 31.5. The van der Waals surface area contributed by atoms with Crippen LogP contribution in [0.2, 0.25) is 0 Å². The Balaban J connectivity index is 1.77. The van der Waals surface area contributed by atoms with Crippen LogP contribution < -0.4 is 9.64 Å². The lowest BCUT2D eigenvalue weighted by atomic mass is 10.1. The molecule has 3 heterocycles. The highest BCUT2D eigenvalue weighted by Gasteiger charge is 2.43. The molecule has 9 nitrogen and oxygen atoms in total. The summed E-state index contributed by atoms with van der Waals surface area (Å²) in [5.41, 5.74) is -2.21. The number of benzene rings is 1. The van der Waals surface area contributed by atoms with E-state index in [1.165, 1.54) is 7.11 Å². The van der Waals surface area contributed by atoms with E-state index in [1.54, 1.807) is 37.6 Å². The number of aromatic nitrogens is 2. The summed E-state index contributed by atoms with van der Waals surface area (Å²) in [5.74, 6) is -1.11. The second-order valence-corrected chi connectivity index (χ2v) is 12.3. The molecule has 4 rings (SSSR count). The fourth-order valence-electron chi connectivity index (χ4n) is 5.43. The summed E-state index contributed by atoms with van der Waals surface area (Å²) >= 11 is 2.78. The number of halogens is 5. The van der Waals surface area contributed by atoms with Crippen LogP contribution in [-0.2, 0) is 15.7 Å². The van der Waals surface area contributed by atoms with Crippen LogP contribution in [0.1, 0.15) is 45.6 Å². The van der Waals surface area contributed by atoms with Crippen LogP contribution in [0.4, 0.5) is 28.2 Å². The van der Waals surface area contributed by atoms with E-state index in [9.17, 15) is 18.0 Å². The lowest BCUT2D eigenvalue weighted by molar-refractivity contribution is -0.138. The van der Waals surface area contributed by atoms with Crippen molar-refractivity contribution in [3.63, 3.8) is 0 Å². The summed E-state index contributed by atoms with van der Waals surface area (Å²) in [4.78, 5) is 27.0. The predicted octanol–water partition coefficient (Wildman–Crippen LogP) is 5.48. The molecule has 3 atom stereocenters. The molecule has 14 heteroatoms. The van der Waals surface area contributed by atoms with Crippen molar-refractivity contribution < 1.29 is 36.6 Å². The third-order valence-corrected chi connectivity index (χ3v) is 8.30. The predicted molar refractivity (Wildman–Crippen MR) is 149 cm³/mol. The number of nitrogens with zero attached hydrogens (tertiary/aromatic N) is 5. The smallest absolute Gasteiger partial charge is 0.417 e. The van der Waals surface area contributed by atoms with Gasteiger partial charge in [0.15, 0.2) is 5.82 Å². The summed E-state index contributed by atoms with van der Waals surface area (Å²) in [6, 6.07) is -0.132. The molecular formula is C27H36BrF4N5O4. The molecular weight excluding hydrogens is 614 g/mol. The van der Waals surface area contributed by atoms with E-state index in [0.717, 1.165) is 25.5 Å². The summed E-state index contributed by atoms with van der Waals surface area (Å²) in [7, 11) is 5.12. The van der Waals surface area contributed by atoms with Gasteiger partial charge in [-0.1, -0.05) is 0 Å². The van der Waals surface area contributed by atoms with Gasteiger partial charge in [0.1, 0.15) is 23.5 Å². The Kier molecular flexibility index (Phi) is 9.25. The Labute approximate surface area is 245 Å². The molecule has 0 spiro atoms. The number of fused-ring (bicyclic) bond motifs is 1. The van der Waals surface area contributed by atoms with Crippen LogP contribution in [-0.4, -0.2) is 97.1 Å². The third kappa shape index (κ3) is 6.80. The highest BCUT2D eigenvalue weighted by Crippen LogP contribution is 2.42. The minimum Gasteiger partial charge on any atom is -0.462 e. The second kappa shape index (κ2) is 12.0. The van der Waals surface area contributed by atoms with Gasteiger partial charge in [0.2, 0.25) is 0 Å². The topological polar surface area (TPSA) is 80.3 Å². The summed E-state index contributed by atoms with van der Waals surface area (Å²) in [5, 5.41) is -0.127. The molecule has 1 aromatic carbocycles. The Hall–Kier alpha value is -2.45. The van der Waals surface area contributed by atoms with Gasteiger partial charge in [-0.3, -0.25) is 0 Å². The van der Waals surface area contributed by atoms with Gasteiger partial charge in [-0.05, 0) is 75.6 Å². The lowest BCUT2D eigenvalue weighted by Crippen LogP contribution is -2.49. The maximum Gasteiger partial charge on any atom is 0.417 e. The van der Waals surface area contributed by atoms with Crippen molar-refractivity contribution in [2.75, 3.05) is 52.4 Å². The maximum absolute atomic E-state index is 15.5. The number of hydrogen-bond donors (Lipinski definition) is 0. The zero-order valence-electron chi connectivity index (χ0n) is 24.0. The van der Waals surface area contributed by atoms with E-state index in [-0.39, 0.29) is 42.0 Å². The normalized spacial score (nSPS) is 22.0. The molecule has 0 bridgehead atoms. The van der Waals surface area contributed by atoms with Crippen LogP contribution in [0.5, 0.6) is 6.01 Å². The number of carbonyl (C=O) groups excluding carboxylic acids is 1. The Morgan fingerprint density at radius 1 is 1.17 bits per heavy atom. The van der Waals surface area contributed by atoms with E-state index in [4.69, 9.17) is 14.2 Å². The van der Waals surface area contributed by atoms with Crippen LogP contribution in [0.25, 0.3) is 10.9 Å². The SMILES string of the molecule is COC[C@H]1C(N(C)c2nc(OC[C@@H]3CCCN3C)nc3c(F)c(Br)c(C(F)(F)F)cc23)CCN1C(=O)OC(C)(C)C. The van der Waals surface area contributed by atoms with Crippen molar-refractivity contribution in [3.8, 4) is 6.01 Å². The molecule has 2 aliphatic heterocycles. The molecule has 1 unspecified atom stereocenters. The number of hydrogen-bond acceptors (Lipinski definition) is 8. The highest BCUT2D eigenvalue weighted by atomic mass is 79.9. The number of ether oxygens (including phenoxy) is 3. The number of likely N-dealkylation sites (tertiary alicyclic amines) is 2. The van der Waals surface area contributed by atoms with Crippen molar-refractivity contribution in [2.24, 2.45) is 0 Å². The molecule has 228 valence electrons. The molecule has 0 saturated carbocycles. The number of likely N-dealkylation sites (N-methyl/N-ethyl adjacent to an activating group) is 2. The van der Waals surface area contributed by atoms with Gasteiger partial charge in [-0.25, -0.2) is 9.18 Å². The molecule has 41 heavy (non-hydrogen) atoms. The highest BCUT2D eigenvalue weighted by molar-refractivity contribution is 9.10. The van der Waals surface area contributed by atoms with Crippen LogP contribution in [0, 0.1) is 5.82 Å². The first-order valence-corrected chi connectivity index (χ1v) is 14.2. The summed E-state index contributed by atoms with van der Waals surface area (Å²) in [6.07, 6.45) is -2.99. The molecule has 2 aliphatic rings. The minimum atomic E-state index is -4.83. The maximum atomic E-state index is 15.5. The van der Waals surface area contributed by atoms with Gasteiger partial charge in [0, 0.05) is 32.1 Å². The molecule has 0 N–H and O–H groups in total. The zero-order valence-corrected chi connectivity index (χ0v) is 25.6. The summed E-state index contributed by atoms with van der Waals surface area (Å²) < 4.78 is 73.3. The molecule has 1 aromatic heterocycles. The monoisotopic (exact) mass is 649 g/mol. The number of anilines is 1. The van der Waals surface area contributed by atoms with E-state index in [1.807, 2.05) is 7.05 Å². The number of methoxy groups -OCH3 is 1. The van der Waals surface area contributed by atoms with Gasteiger partial charge in [-0.2, -0.15) is 23.1 Å². The number of amides is 1.